The van der Waals surface area contributed by atoms with Gasteiger partial charge in [0, 0.05) is 12.3 Å². The molecule has 11 nitrogen and oxygen atoms in total. The summed E-state index contributed by atoms with van der Waals surface area (Å²) in [5, 5.41) is 9.65. The monoisotopic (exact) mass is 539 g/mol. The summed E-state index contributed by atoms with van der Waals surface area (Å²) < 4.78 is 26.2. The van der Waals surface area contributed by atoms with E-state index in [0.29, 0.717) is 24.8 Å². The van der Waals surface area contributed by atoms with Crippen molar-refractivity contribution < 1.29 is 48.0 Å². The van der Waals surface area contributed by atoms with Crippen LogP contribution in [-0.2, 0) is 23.8 Å². The Morgan fingerprint density at radius 3 is 1.95 bits per heavy atom. The molecule has 11 heteroatoms. The van der Waals surface area contributed by atoms with Crippen LogP contribution in [0.25, 0.3) is 0 Å². The van der Waals surface area contributed by atoms with E-state index in [9.17, 15) is 24.3 Å². The summed E-state index contributed by atoms with van der Waals surface area (Å²) >= 11 is 0. The molecule has 1 aromatic rings. The molecular formula is C27H41NO10. The molecule has 0 aliphatic rings. The Bertz CT molecular complexity index is 934. The molecule has 214 valence electrons. The number of benzene rings is 1. The minimum Gasteiger partial charge on any atom is -0.480 e. The van der Waals surface area contributed by atoms with Gasteiger partial charge in [-0.1, -0.05) is 40.2 Å². The lowest BCUT2D eigenvalue weighted by atomic mass is 9.82. The van der Waals surface area contributed by atoms with Gasteiger partial charge >= 0.3 is 24.2 Å². The Labute approximate surface area is 223 Å². The Morgan fingerprint density at radius 2 is 1.45 bits per heavy atom. The summed E-state index contributed by atoms with van der Waals surface area (Å²) in [5.41, 5.74) is 6.39. The van der Waals surface area contributed by atoms with E-state index in [2.05, 4.69) is 0 Å². The van der Waals surface area contributed by atoms with Gasteiger partial charge in [-0.25, -0.2) is 9.59 Å². The third-order valence-corrected chi connectivity index (χ3v) is 6.01. The van der Waals surface area contributed by atoms with Crippen LogP contribution in [0.2, 0.25) is 0 Å². The summed E-state index contributed by atoms with van der Waals surface area (Å²) in [6.45, 7) is 10.6. The maximum absolute atomic E-state index is 12.4. The molecular weight excluding hydrogens is 498 g/mol. The predicted octanol–water partition coefficient (Wildman–Crippen LogP) is 5.18. The van der Waals surface area contributed by atoms with Crippen molar-refractivity contribution in [1.29, 1.82) is 0 Å². The molecule has 1 aromatic carbocycles. The van der Waals surface area contributed by atoms with Gasteiger partial charge in [-0.15, -0.1) is 0 Å². The maximum atomic E-state index is 12.4. The average molecular weight is 540 g/mol. The van der Waals surface area contributed by atoms with E-state index < -0.39 is 48.4 Å². The molecule has 1 rings (SSSR count). The molecule has 0 bridgehead atoms. The van der Waals surface area contributed by atoms with Crippen LogP contribution in [0, 0.1) is 5.92 Å². The molecule has 0 spiro atoms. The Kier molecular flexibility index (Phi) is 14.2. The molecule has 0 aliphatic carbocycles. The number of esters is 1. The number of carboxylic acids is 1. The molecule has 0 saturated heterocycles. The lowest BCUT2D eigenvalue weighted by Crippen LogP contribution is -2.40. The summed E-state index contributed by atoms with van der Waals surface area (Å²) in [6.07, 6.45) is 0.0121. The first-order valence-electron chi connectivity index (χ1n) is 13.0. The number of hydrogen-bond donors (Lipinski definition) is 2. The number of carbonyl (C=O) groups excluding carboxylic acids is 3. The summed E-state index contributed by atoms with van der Waals surface area (Å²) in [7, 11) is 0. The Hall–Kier alpha value is -3.34. The highest BCUT2D eigenvalue weighted by Gasteiger charge is 2.33. The molecule has 0 aromatic heterocycles. The highest BCUT2D eigenvalue weighted by molar-refractivity contribution is 5.75. The minimum absolute atomic E-state index is 0.0695. The zero-order valence-corrected chi connectivity index (χ0v) is 23.1. The second-order valence-electron chi connectivity index (χ2n) is 9.24. The van der Waals surface area contributed by atoms with E-state index in [1.165, 1.54) is 18.2 Å². The van der Waals surface area contributed by atoms with Gasteiger partial charge in [0.15, 0.2) is 11.5 Å². The summed E-state index contributed by atoms with van der Waals surface area (Å²) in [5.74, 6) is -3.35. The van der Waals surface area contributed by atoms with E-state index in [1.54, 1.807) is 20.8 Å². The van der Waals surface area contributed by atoms with Crippen LogP contribution in [0.4, 0.5) is 9.59 Å². The topological polar surface area (TPSA) is 161 Å². The first-order valence-corrected chi connectivity index (χ1v) is 13.0. The van der Waals surface area contributed by atoms with Crippen molar-refractivity contribution in [3.05, 3.63) is 23.8 Å². The highest BCUT2D eigenvalue weighted by Crippen LogP contribution is 2.36. The van der Waals surface area contributed by atoms with E-state index in [1.807, 2.05) is 20.8 Å². The van der Waals surface area contributed by atoms with Gasteiger partial charge in [0.05, 0.1) is 6.61 Å². The van der Waals surface area contributed by atoms with Gasteiger partial charge in [-0.2, -0.15) is 0 Å². The first kappa shape index (κ1) is 32.7. The highest BCUT2D eigenvalue weighted by atomic mass is 16.7. The number of nitrogens with two attached hydrogens (primary N) is 1. The summed E-state index contributed by atoms with van der Waals surface area (Å²) in [4.78, 5) is 48.4. The molecule has 38 heavy (non-hydrogen) atoms. The molecule has 0 radical (unpaired) electrons. The standard InChI is InChI=1S/C27H41NO10/c1-7-10-11-22(29)34-15-16(4)23(24(28)25(30)31)19-12-13-20(37-26(32)35-17(5)8-2)21(14-19)38-27(33)36-18(6)9-3/h12-14,16-18,23-24H,7-11,15,28H2,1-6H3,(H,30,31)/t16?,17?,18?,23?,24-/m0/s1. The van der Waals surface area contributed by atoms with Gasteiger partial charge in [0.1, 0.15) is 18.2 Å². The SMILES string of the molecule is CCCCC(=O)OCC(C)C(c1ccc(OC(=O)OC(C)CC)c(OC(=O)OC(C)CC)c1)[C@H](N)C(=O)O. The predicted molar refractivity (Wildman–Crippen MR) is 138 cm³/mol. The minimum atomic E-state index is -1.37. The second kappa shape index (κ2) is 16.5. The quantitative estimate of drug-likeness (QED) is 0.172. The number of unbranched alkanes of at least 4 members (excludes halogenated alkanes) is 1. The van der Waals surface area contributed by atoms with Crippen molar-refractivity contribution in [2.75, 3.05) is 6.61 Å². The molecule has 3 N–H and O–H groups in total. The van der Waals surface area contributed by atoms with Gasteiger partial charge in [0.25, 0.3) is 0 Å². The number of carbonyl (C=O) groups is 4. The van der Waals surface area contributed by atoms with Gasteiger partial charge in [-0.05, 0) is 56.7 Å². The van der Waals surface area contributed by atoms with Crippen molar-refractivity contribution >= 4 is 24.2 Å². The van der Waals surface area contributed by atoms with Crippen molar-refractivity contribution in [2.45, 2.75) is 97.8 Å². The molecule has 5 atom stereocenters. The third kappa shape index (κ3) is 11.0. The normalized spacial score (nSPS) is 14.8. The van der Waals surface area contributed by atoms with Gasteiger partial charge in [0.2, 0.25) is 0 Å². The Balaban J connectivity index is 3.34. The maximum Gasteiger partial charge on any atom is 0.514 e. The van der Waals surface area contributed by atoms with Crippen LogP contribution in [0.1, 0.15) is 85.1 Å². The number of aliphatic carboxylic acids is 1. The fourth-order valence-corrected chi connectivity index (χ4v) is 3.38. The fraction of sp³-hybridized carbons (Fsp3) is 0.630. The van der Waals surface area contributed by atoms with Gasteiger partial charge < -0.3 is 34.5 Å². The van der Waals surface area contributed by atoms with Crippen LogP contribution in [0.15, 0.2) is 18.2 Å². The lowest BCUT2D eigenvalue weighted by molar-refractivity contribution is -0.145. The van der Waals surface area contributed by atoms with Crippen molar-refractivity contribution in [2.24, 2.45) is 11.7 Å². The van der Waals surface area contributed by atoms with Crippen LogP contribution in [-0.4, -0.2) is 54.2 Å². The van der Waals surface area contributed by atoms with Crippen molar-refractivity contribution in [3.8, 4) is 11.5 Å². The number of ether oxygens (including phenoxy) is 5. The molecule has 4 unspecified atom stereocenters. The molecule has 0 amide bonds. The van der Waals surface area contributed by atoms with Crippen molar-refractivity contribution in [1.82, 2.24) is 0 Å². The van der Waals surface area contributed by atoms with E-state index in [-0.39, 0.29) is 30.5 Å². The number of rotatable bonds is 15. The zero-order valence-electron chi connectivity index (χ0n) is 23.1. The van der Waals surface area contributed by atoms with Crippen LogP contribution in [0.3, 0.4) is 0 Å². The first-order chi connectivity index (χ1) is 17.9. The third-order valence-electron chi connectivity index (χ3n) is 6.01. The number of carboxylic acid groups (broad SMARTS) is 1. The second-order valence-corrected chi connectivity index (χ2v) is 9.24. The average Bonchev–Trinajstić information content (AvgIpc) is 2.87. The van der Waals surface area contributed by atoms with Crippen molar-refractivity contribution in [3.63, 3.8) is 0 Å². The fourth-order valence-electron chi connectivity index (χ4n) is 3.38. The molecule has 0 aliphatic heterocycles. The molecule has 0 heterocycles. The van der Waals surface area contributed by atoms with E-state index >= 15 is 0 Å². The largest absolute Gasteiger partial charge is 0.514 e. The van der Waals surface area contributed by atoms with Crippen LogP contribution < -0.4 is 15.2 Å². The smallest absolute Gasteiger partial charge is 0.480 e. The number of hydrogen-bond acceptors (Lipinski definition) is 10. The van der Waals surface area contributed by atoms with Crippen LogP contribution >= 0.6 is 0 Å². The van der Waals surface area contributed by atoms with E-state index in [0.717, 1.165) is 6.42 Å². The van der Waals surface area contributed by atoms with Crippen LogP contribution in [0.5, 0.6) is 11.5 Å². The molecule has 0 fully saturated rings. The van der Waals surface area contributed by atoms with Gasteiger partial charge in [-0.3, -0.25) is 9.59 Å². The van der Waals surface area contributed by atoms with E-state index in [4.69, 9.17) is 29.4 Å². The molecule has 0 saturated carbocycles. The lowest BCUT2D eigenvalue weighted by Gasteiger charge is -2.28. The summed E-state index contributed by atoms with van der Waals surface area (Å²) in [6, 6.07) is 2.83. The Morgan fingerprint density at radius 1 is 0.895 bits per heavy atom. The zero-order chi connectivity index (χ0) is 28.8.